The third kappa shape index (κ3) is 5.73. The maximum absolute atomic E-state index is 12.5. The van der Waals surface area contributed by atoms with Gasteiger partial charge in [0.25, 0.3) is 5.91 Å². The average molecular weight is 396 g/mol. The number of imidazole rings is 1. The number of carbonyl (C=O) groups is 1. The highest BCUT2D eigenvalue weighted by Crippen LogP contribution is 2.28. The standard InChI is InChI=1S/C23H29N3O3/c1-3-4-5-8-15-29-20-11-10-18(16-21(20)28-2)23(27)24-13-12-19-17-26-14-7-6-9-22(26)25-19/h6-7,9-11,14,16-17H,3-5,8,12-13,15H2,1-2H3,(H,24,27). The summed E-state index contributed by atoms with van der Waals surface area (Å²) in [6, 6.07) is 11.2. The van der Waals surface area contributed by atoms with E-state index in [4.69, 9.17) is 9.47 Å². The summed E-state index contributed by atoms with van der Waals surface area (Å²) < 4.78 is 13.2. The van der Waals surface area contributed by atoms with Gasteiger partial charge in [-0.25, -0.2) is 4.98 Å². The number of aromatic nitrogens is 2. The Morgan fingerprint density at radius 2 is 2.03 bits per heavy atom. The Morgan fingerprint density at radius 3 is 2.83 bits per heavy atom. The largest absolute Gasteiger partial charge is 0.493 e. The Hall–Kier alpha value is -3.02. The lowest BCUT2D eigenvalue weighted by molar-refractivity contribution is 0.0953. The zero-order chi connectivity index (χ0) is 20.5. The molecule has 2 heterocycles. The number of fused-ring (bicyclic) bond motifs is 1. The third-order valence-electron chi connectivity index (χ3n) is 4.76. The number of nitrogens with zero attached hydrogens (tertiary/aromatic N) is 2. The Labute approximate surface area is 171 Å². The quantitative estimate of drug-likeness (QED) is 0.492. The van der Waals surface area contributed by atoms with Crippen LogP contribution in [0.2, 0.25) is 0 Å². The molecule has 6 nitrogen and oxygen atoms in total. The van der Waals surface area contributed by atoms with E-state index in [9.17, 15) is 4.79 Å². The topological polar surface area (TPSA) is 64.9 Å². The van der Waals surface area contributed by atoms with E-state index in [-0.39, 0.29) is 5.91 Å². The molecule has 0 atom stereocenters. The molecule has 154 valence electrons. The monoisotopic (exact) mass is 395 g/mol. The van der Waals surface area contributed by atoms with Crippen molar-refractivity contribution in [3.05, 3.63) is 60.0 Å². The highest BCUT2D eigenvalue weighted by Gasteiger charge is 2.11. The SMILES string of the molecule is CCCCCCOc1ccc(C(=O)NCCc2cn3ccccc3n2)cc1OC. The Bertz CT molecular complexity index is 903. The molecule has 0 saturated carbocycles. The second-order valence-corrected chi connectivity index (χ2v) is 6.98. The van der Waals surface area contributed by atoms with Gasteiger partial charge in [0.05, 0.1) is 19.4 Å². The molecule has 6 heteroatoms. The van der Waals surface area contributed by atoms with Crippen LogP contribution in [0.15, 0.2) is 48.8 Å². The van der Waals surface area contributed by atoms with Crippen LogP contribution >= 0.6 is 0 Å². The number of amides is 1. The van der Waals surface area contributed by atoms with E-state index in [1.165, 1.54) is 12.8 Å². The lowest BCUT2D eigenvalue weighted by Crippen LogP contribution is -2.25. The number of nitrogens with one attached hydrogen (secondary N) is 1. The number of pyridine rings is 1. The second kappa shape index (κ2) is 10.5. The van der Waals surface area contributed by atoms with E-state index in [1.807, 2.05) is 35.0 Å². The molecule has 0 saturated heterocycles. The fourth-order valence-electron chi connectivity index (χ4n) is 3.15. The minimum Gasteiger partial charge on any atom is -0.493 e. The molecule has 0 aliphatic heterocycles. The highest BCUT2D eigenvalue weighted by molar-refractivity contribution is 5.94. The second-order valence-electron chi connectivity index (χ2n) is 6.98. The van der Waals surface area contributed by atoms with Crippen LogP contribution < -0.4 is 14.8 Å². The lowest BCUT2D eigenvalue weighted by atomic mass is 10.2. The predicted octanol–water partition coefficient (Wildman–Crippen LogP) is 4.27. The summed E-state index contributed by atoms with van der Waals surface area (Å²) >= 11 is 0. The molecule has 0 bridgehead atoms. The number of hydrogen-bond donors (Lipinski definition) is 1. The van der Waals surface area contributed by atoms with Gasteiger partial charge < -0.3 is 19.2 Å². The van der Waals surface area contributed by atoms with E-state index in [1.54, 1.807) is 25.3 Å². The number of hydrogen-bond acceptors (Lipinski definition) is 4. The number of methoxy groups -OCH3 is 1. The number of unbranched alkanes of at least 4 members (excludes halogenated alkanes) is 3. The molecule has 0 spiro atoms. The minimum atomic E-state index is -0.137. The molecule has 1 amide bonds. The van der Waals surface area contributed by atoms with Gasteiger partial charge in [0.1, 0.15) is 5.65 Å². The Balaban J connectivity index is 1.51. The van der Waals surface area contributed by atoms with Gasteiger partial charge in [-0.3, -0.25) is 4.79 Å². The predicted molar refractivity (Wildman–Crippen MR) is 114 cm³/mol. The first-order chi connectivity index (χ1) is 14.2. The van der Waals surface area contributed by atoms with E-state index in [0.29, 0.717) is 36.6 Å². The van der Waals surface area contributed by atoms with Gasteiger partial charge >= 0.3 is 0 Å². The maximum Gasteiger partial charge on any atom is 0.251 e. The molecule has 29 heavy (non-hydrogen) atoms. The van der Waals surface area contributed by atoms with Crippen molar-refractivity contribution >= 4 is 11.6 Å². The normalized spacial score (nSPS) is 10.8. The van der Waals surface area contributed by atoms with Gasteiger partial charge in [0.15, 0.2) is 11.5 Å². The molecular formula is C23H29N3O3. The molecule has 0 aliphatic rings. The summed E-state index contributed by atoms with van der Waals surface area (Å²) in [5, 5.41) is 2.94. The molecular weight excluding hydrogens is 366 g/mol. The highest BCUT2D eigenvalue weighted by atomic mass is 16.5. The summed E-state index contributed by atoms with van der Waals surface area (Å²) in [6.45, 7) is 3.35. The lowest BCUT2D eigenvalue weighted by Gasteiger charge is -2.12. The van der Waals surface area contributed by atoms with Crippen molar-refractivity contribution in [2.45, 2.75) is 39.0 Å². The number of benzene rings is 1. The fourth-order valence-corrected chi connectivity index (χ4v) is 3.15. The summed E-state index contributed by atoms with van der Waals surface area (Å²) in [5.41, 5.74) is 2.40. The van der Waals surface area contributed by atoms with E-state index in [0.717, 1.165) is 24.2 Å². The molecule has 0 aliphatic carbocycles. The van der Waals surface area contributed by atoms with Crippen LogP contribution in [0.4, 0.5) is 0 Å². The number of ether oxygens (including phenoxy) is 2. The van der Waals surface area contributed by atoms with Crippen LogP contribution in [0.5, 0.6) is 11.5 Å². The minimum absolute atomic E-state index is 0.137. The van der Waals surface area contributed by atoms with Crippen LogP contribution in [-0.4, -0.2) is 35.6 Å². The zero-order valence-electron chi connectivity index (χ0n) is 17.2. The van der Waals surface area contributed by atoms with Crippen molar-refractivity contribution < 1.29 is 14.3 Å². The first-order valence-corrected chi connectivity index (χ1v) is 10.2. The van der Waals surface area contributed by atoms with Gasteiger partial charge in [-0.05, 0) is 36.8 Å². The average Bonchev–Trinajstić information content (AvgIpc) is 3.16. The Kier molecular flexibility index (Phi) is 7.50. The number of carbonyl (C=O) groups excluding carboxylic acids is 1. The van der Waals surface area contributed by atoms with E-state index in [2.05, 4.69) is 17.2 Å². The molecule has 0 unspecified atom stereocenters. The molecule has 0 fully saturated rings. The van der Waals surface area contributed by atoms with E-state index < -0.39 is 0 Å². The van der Waals surface area contributed by atoms with Crippen molar-refractivity contribution in [1.29, 1.82) is 0 Å². The van der Waals surface area contributed by atoms with Gasteiger partial charge in [-0.15, -0.1) is 0 Å². The van der Waals surface area contributed by atoms with Crippen LogP contribution in [0.1, 0.15) is 48.7 Å². The van der Waals surface area contributed by atoms with Crippen molar-refractivity contribution in [2.75, 3.05) is 20.3 Å². The van der Waals surface area contributed by atoms with Crippen molar-refractivity contribution in [1.82, 2.24) is 14.7 Å². The molecule has 3 rings (SSSR count). The van der Waals surface area contributed by atoms with Crippen molar-refractivity contribution in [2.24, 2.45) is 0 Å². The summed E-state index contributed by atoms with van der Waals surface area (Å²) in [7, 11) is 1.59. The molecule has 3 aromatic rings. The smallest absolute Gasteiger partial charge is 0.251 e. The van der Waals surface area contributed by atoms with Crippen LogP contribution in [0.25, 0.3) is 5.65 Å². The first kappa shape index (κ1) is 20.7. The van der Waals surface area contributed by atoms with Crippen molar-refractivity contribution in [3.63, 3.8) is 0 Å². The molecule has 0 radical (unpaired) electrons. The first-order valence-electron chi connectivity index (χ1n) is 10.2. The van der Waals surface area contributed by atoms with Gasteiger partial charge in [-0.2, -0.15) is 0 Å². The molecule has 1 N–H and O–H groups in total. The van der Waals surface area contributed by atoms with Gasteiger partial charge in [0, 0.05) is 30.9 Å². The van der Waals surface area contributed by atoms with Crippen LogP contribution in [0.3, 0.4) is 0 Å². The summed E-state index contributed by atoms with van der Waals surface area (Å²) in [6.07, 6.45) is 9.21. The summed E-state index contributed by atoms with van der Waals surface area (Å²) in [4.78, 5) is 17.0. The van der Waals surface area contributed by atoms with Gasteiger partial charge in [-0.1, -0.05) is 32.3 Å². The Morgan fingerprint density at radius 1 is 1.14 bits per heavy atom. The molecule has 2 aromatic heterocycles. The fraction of sp³-hybridized carbons (Fsp3) is 0.391. The van der Waals surface area contributed by atoms with Gasteiger partial charge in [0.2, 0.25) is 0 Å². The molecule has 1 aromatic carbocycles. The third-order valence-corrected chi connectivity index (χ3v) is 4.76. The summed E-state index contributed by atoms with van der Waals surface area (Å²) in [5.74, 6) is 1.11. The van der Waals surface area contributed by atoms with Crippen molar-refractivity contribution in [3.8, 4) is 11.5 Å². The zero-order valence-corrected chi connectivity index (χ0v) is 17.2. The van der Waals surface area contributed by atoms with E-state index >= 15 is 0 Å². The maximum atomic E-state index is 12.5. The van der Waals surface area contributed by atoms with Crippen LogP contribution in [0, 0.1) is 0 Å². The van der Waals surface area contributed by atoms with Crippen LogP contribution in [-0.2, 0) is 6.42 Å². The number of rotatable bonds is 11.